The lowest BCUT2D eigenvalue weighted by Gasteiger charge is -2.23. The third-order valence-electron chi connectivity index (χ3n) is 4.98. The van der Waals surface area contributed by atoms with Gasteiger partial charge in [0.1, 0.15) is 23.0 Å². The topological polar surface area (TPSA) is 94.8 Å². The van der Waals surface area contributed by atoms with E-state index < -0.39 is 29.3 Å². The van der Waals surface area contributed by atoms with Gasteiger partial charge in [0.25, 0.3) is 0 Å². The maximum atomic E-state index is 13.2. The van der Waals surface area contributed by atoms with Gasteiger partial charge in [-0.3, -0.25) is 0 Å². The van der Waals surface area contributed by atoms with Crippen molar-refractivity contribution < 1.29 is 23.5 Å². The van der Waals surface area contributed by atoms with E-state index in [-0.39, 0.29) is 12.2 Å². The number of nitrogens with one attached hydrogen (secondary N) is 1. The summed E-state index contributed by atoms with van der Waals surface area (Å²) in [4.78, 5) is 37.4. The van der Waals surface area contributed by atoms with E-state index in [1.54, 1.807) is 26.8 Å². The van der Waals surface area contributed by atoms with Crippen molar-refractivity contribution in [1.29, 1.82) is 0 Å². The number of carbonyl (C=O) groups excluding carboxylic acids is 2. The van der Waals surface area contributed by atoms with E-state index in [1.165, 1.54) is 6.07 Å². The maximum absolute atomic E-state index is 13.2. The quantitative estimate of drug-likeness (QED) is 0.331. The van der Waals surface area contributed by atoms with Crippen molar-refractivity contribution in [2.75, 3.05) is 0 Å². The number of aryl methyl sites for hydroxylation is 2. The molecule has 0 fully saturated rings. The molecule has 0 bridgehead atoms. The van der Waals surface area contributed by atoms with E-state index in [2.05, 4.69) is 5.32 Å². The summed E-state index contributed by atoms with van der Waals surface area (Å²) in [6, 6.07) is 13.2. The van der Waals surface area contributed by atoms with Crippen molar-refractivity contribution in [2.24, 2.45) is 0 Å². The van der Waals surface area contributed by atoms with Crippen LogP contribution in [0.25, 0.3) is 11.0 Å². The van der Waals surface area contributed by atoms with Crippen molar-refractivity contribution in [3.63, 3.8) is 0 Å². The smallest absolute Gasteiger partial charge is 0.408 e. The van der Waals surface area contributed by atoms with Crippen molar-refractivity contribution in [3.05, 3.63) is 75.6 Å². The standard InChI is InChI=1S/C26H29NO6/c1-6-18-14-19-16(2)12-23(28)31-22(19)15-21(18)32-24(29)20(13-17-10-8-7-9-11-17)27-25(30)33-26(3,4)5/h7-12,14-15,20H,6,13H2,1-5H3,(H,27,30). The molecule has 33 heavy (non-hydrogen) atoms. The average molecular weight is 452 g/mol. The second-order valence-corrected chi connectivity index (χ2v) is 8.87. The zero-order valence-electron chi connectivity index (χ0n) is 19.6. The van der Waals surface area contributed by atoms with Crippen LogP contribution in [0.3, 0.4) is 0 Å². The summed E-state index contributed by atoms with van der Waals surface area (Å²) in [6.45, 7) is 9.00. The molecule has 0 aliphatic carbocycles. The number of carbonyl (C=O) groups is 2. The Bertz CT molecular complexity index is 1210. The van der Waals surface area contributed by atoms with Crippen LogP contribution in [0.4, 0.5) is 4.79 Å². The highest BCUT2D eigenvalue weighted by atomic mass is 16.6. The SMILES string of the molecule is CCc1cc2c(C)cc(=O)oc2cc1OC(=O)C(Cc1ccccc1)NC(=O)OC(C)(C)C. The van der Waals surface area contributed by atoms with E-state index in [0.717, 1.165) is 22.1 Å². The van der Waals surface area contributed by atoms with Crippen molar-refractivity contribution in [2.45, 2.75) is 59.1 Å². The van der Waals surface area contributed by atoms with Gasteiger partial charge in [0.2, 0.25) is 0 Å². The first-order valence-corrected chi connectivity index (χ1v) is 10.9. The fourth-order valence-electron chi connectivity index (χ4n) is 3.43. The lowest BCUT2D eigenvalue weighted by Crippen LogP contribution is -2.46. The van der Waals surface area contributed by atoms with Crippen LogP contribution in [0.15, 0.2) is 57.7 Å². The molecule has 0 saturated carbocycles. The Kier molecular flexibility index (Phi) is 7.21. The number of alkyl carbamates (subject to hydrolysis) is 1. The minimum absolute atomic E-state index is 0.224. The molecule has 0 radical (unpaired) electrons. The maximum Gasteiger partial charge on any atom is 0.408 e. The van der Waals surface area contributed by atoms with E-state index in [1.807, 2.05) is 50.2 Å². The third-order valence-corrected chi connectivity index (χ3v) is 4.98. The highest BCUT2D eigenvalue weighted by Crippen LogP contribution is 2.28. The molecule has 0 saturated heterocycles. The Balaban J connectivity index is 1.91. The molecule has 1 unspecified atom stereocenters. The second kappa shape index (κ2) is 9.90. The molecular weight excluding hydrogens is 422 g/mol. The Morgan fingerprint density at radius 2 is 1.79 bits per heavy atom. The van der Waals surface area contributed by atoms with Gasteiger partial charge in [-0.1, -0.05) is 37.3 Å². The molecule has 3 rings (SSSR count). The molecule has 0 spiro atoms. The van der Waals surface area contributed by atoms with Gasteiger partial charge < -0.3 is 19.2 Å². The van der Waals surface area contributed by atoms with Crippen LogP contribution in [0.1, 0.15) is 44.4 Å². The van der Waals surface area contributed by atoms with E-state index in [9.17, 15) is 14.4 Å². The Labute approximate surface area is 192 Å². The van der Waals surface area contributed by atoms with Gasteiger partial charge >= 0.3 is 17.7 Å². The summed E-state index contributed by atoms with van der Waals surface area (Å²) in [7, 11) is 0. The van der Waals surface area contributed by atoms with Crippen molar-refractivity contribution in [3.8, 4) is 5.75 Å². The van der Waals surface area contributed by atoms with Crippen LogP contribution in [0.5, 0.6) is 5.75 Å². The molecule has 174 valence electrons. The first-order valence-electron chi connectivity index (χ1n) is 10.9. The molecule has 1 aromatic heterocycles. The molecule has 3 aromatic rings. The van der Waals surface area contributed by atoms with Gasteiger partial charge in [0.05, 0.1) is 0 Å². The Morgan fingerprint density at radius 3 is 2.42 bits per heavy atom. The highest BCUT2D eigenvalue weighted by molar-refractivity contribution is 5.86. The minimum atomic E-state index is -0.979. The fraction of sp³-hybridized carbons (Fsp3) is 0.346. The van der Waals surface area contributed by atoms with Crippen molar-refractivity contribution >= 4 is 23.0 Å². The highest BCUT2D eigenvalue weighted by Gasteiger charge is 2.27. The Hall–Kier alpha value is -3.61. The summed E-state index contributed by atoms with van der Waals surface area (Å²) < 4.78 is 16.3. The zero-order valence-corrected chi connectivity index (χ0v) is 19.6. The normalized spacial score (nSPS) is 12.3. The zero-order chi connectivity index (χ0) is 24.2. The number of ether oxygens (including phenoxy) is 2. The predicted molar refractivity (Wildman–Crippen MR) is 126 cm³/mol. The van der Waals surface area contributed by atoms with E-state index in [4.69, 9.17) is 13.9 Å². The van der Waals surface area contributed by atoms with Gasteiger partial charge in [0.15, 0.2) is 0 Å². The molecule has 0 aliphatic heterocycles. The van der Waals surface area contributed by atoms with Gasteiger partial charge in [-0.15, -0.1) is 0 Å². The van der Waals surface area contributed by atoms with Crippen LogP contribution < -0.4 is 15.7 Å². The van der Waals surface area contributed by atoms with Gasteiger partial charge in [-0.25, -0.2) is 14.4 Å². The average Bonchev–Trinajstić information content (AvgIpc) is 2.72. The summed E-state index contributed by atoms with van der Waals surface area (Å²) in [5.41, 5.74) is 1.56. The predicted octanol–water partition coefficient (Wildman–Crippen LogP) is 4.71. The number of fused-ring (bicyclic) bond motifs is 1. The Morgan fingerprint density at radius 1 is 1.09 bits per heavy atom. The van der Waals surface area contributed by atoms with Crippen LogP contribution in [-0.2, 0) is 22.4 Å². The summed E-state index contributed by atoms with van der Waals surface area (Å²) >= 11 is 0. The first kappa shape index (κ1) is 24.0. The van der Waals surface area contributed by atoms with Crippen LogP contribution >= 0.6 is 0 Å². The van der Waals surface area contributed by atoms with Gasteiger partial charge in [0, 0.05) is 23.9 Å². The lowest BCUT2D eigenvalue weighted by molar-refractivity contribution is -0.136. The molecule has 1 amide bonds. The fourth-order valence-corrected chi connectivity index (χ4v) is 3.43. The number of hydrogen-bond acceptors (Lipinski definition) is 6. The minimum Gasteiger partial charge on any atom is -0.444 e. The van der Waals surface area contributed by atoms with Gasteiger partial charge in [-0.2, -0.15) is 0 Å². The number of amides is 1. The summed E-state index contributed by atoms with van der Waals surface area (Å²) in [6.07, 6.45) is 0.110. The molecule has 1 N–H and O–H groups in total. The molecular formula is C26H29NO6. The van der Waals surface area contributed by atoms with Crippen LogP contribution in [0.2, 0.25) is 0 Å². The molecule has 2 aromatic carbocycles. The molecule has 7 nitrogen and oxygen atoms in total. The van der Waals surface area contributed by atoms with Crippen molar-refractivity contribution in [1.82, 2.24) is 5.32 Å². The molecule has 7 heteroatoms. The number of benzene rings is 2. The molecule has 1 heterocycles. The first-order chi connectivity index (χ1) is 15.6. The molecule has 1 atom stereocenters. The molecule has 0 aliphatic rings. The number of esters is 1. The lowest BCUT2D eigenvalue weighted by atomic mass is 10.0. The number of rotatable bonds is 6. The van der Waals surface area contributed by atoms with Crippen LogP contribution in [0, 0.1) is 6.92 Å². The third kappa shape index (κ3) is 6.44. The van der Waals surface area contributed by atoms with Crippen LogP contribution in [-0.4, -0.2) is 23.7 Å². The summed E-state index contributed by atoms with van der Waals surface area (Å²) in [5, 5.41) is 3.40. The number of hydrogen-bond donors (Lipinski definition) is 1. The summed E-state index contributed by atoms with van der Waals surface area (Å²) in [5.74, 6) is -0.360. The second-order valence-electron chi connectivity index (χ2n) is 8.87. The monoisotopic (exact) mass is 451 g/mol. The van der Waals surface area contributed by atoms with Gasteiger partial charge in [-0.05, 0) is 56.9 Å². The largest absolute Gasteiger partial charge is 0.444 e. The van der Waals surface area contributed by atoms with E-state index in [0.29, 0.717) is 12.0 Å². The van der Waals surface area contributed by atoms with E-state index >= 15 is 0 Å².